The van der Waals surface area contributed by atoms with Crippen LogP contribution in [-0.2, 0) is 6.54 Å². The maximum atomic E-state index is 5.82. The predicted molar refractivity (Wildman–Crippen MR) is 84.2 cm³/mol. The van der Waals surface area contributed by atoms with Gasteiger partial charge >= 0.3 is 0 Å². The molecule has 1 aromatic heterocycles. The number of piperazine rings is 1. The van der Waals surface area contributed by atoms with Crippen LogP contribution >= 0.6 is 0 Å². The van der Waals surface area contributed by atoms with Gasteiger partial charge in [-0.2, -0.15) is 0 Å². The normalized spacial score (nSPS) is 26.0. The van der Waals surface area contributed by atoms with Gasteiger partial charge in [0.25, 0.3) is 0 Å². The first-order valence-corrected chi connectivity index (χ1v) is 8.41. The molecule has 0 amide bonds. The minimum Gasteiger partial charge on any atom is -0.444 e. The van der Waals surface area contributed by atoms with Crippen LogP contribution in [0.25, 0.3) is 0 Å². The van der Waals surface area contributed by atoms with Crippen LogP contribution in [0, 0.1) is 19.8 Å². The van der Waals surface area contributed by atoms with Gasteiger partial charge in [0.15, 0.2) is 0 Å². The quantitative estimate of drug-likeness (QED) is 0.929. The predicted octanol–water partition coefficient (Wildman–Crippen LogP) is 3.03. The van der Waals surface area contributed by atoms with Crippen LogP contribution in [0.4, 0.5) is 0 Å². The first-order valence-electron chi connectivity index (χ1n) is 8.41. The van der Waals surface area contributed by atoms with E-state index in [1.165, 1.54) is 25.7 Å². The van der Waals surface area contributed by atoms with Crippen LogP contribution in [-0.4, -0.2) is 34.6 Å². The summed E-state index contributed by atoms with van der Waals surface area (Å²) in [7, 11) is 0. The maximum Gasteiger partial charge on any atom is 0.208 e. The molecule has 1 atom stereocenters. The number of oxazole rings is 1. The second-order valence-corrected chi connectivity index (χ2v) is 7.33. The third-order valence-corrected chi connectivity index (χ3v) is 5.40. The van der Waals surface area contributed by atoms with Crippen molar-refractivity contribution >= 4 is 0 Å². The van der Waals surface area contributed by atoms with E-state index in [0.717, 1.165) is 37.0 Å². The van der Waals surface area contributed by atoms with E-state index in [-0.39, 0.29) is 0 Å². The van der Waals surface area contributed by atoms with Crippen molar-refractivity contribution in [2.45, 2.75) is 71.5 Å². The van der Waals surface area contributed by atoms with Crippen LogP contribution in [0.2, 0.25) is 0 Å². The average Bonchev–Trinajstić information content (AvgIpc) is 2.98. The Morgan fingerprint density at radius 2 is 2.05 bits per heavy atom. The molecule has 1 spiro atoms. The highest BCUT2D eigenvalue weighted by Crippen LogP contribution is 2.34. The van der Waals surface area contributed by atoms with E-state index >= 15 is 0 Å². The molecule has 1 aliphatic heterocycles. The van der Waals surface area contributed by atoms with E-state index in [9.17, 15) is 0 Å². The fourth-order valence-corrected chi connectivity index (χ4v) is 4.01. The lowest BCUT2D eigenvalue weighted by Crippen LogP contribution is -2.64. The number of hydrogen-bond donors (Lipinski definition) is 1. The van der Waals surface area contributed by atoms with Gasteiger partial charge in [0.05, 0.1) is 12.2 Å². The van der Waals surface area contributed by atoms with Crippen molar-refractivity contribution in [3.8, 4) is 0 Å². The minimum atomic E-state index is 0.349. The molecule has 21 heavy (non-hydrogen) atoms. The lowest BCUT2D eigenvalue weighted by Gasteiger charge is -2.47. The van der Waals surface area contributed by atoms with Gasteiger partial charge in [-0.15, -0.1) is 0 Å². The van der Waals surface area contributed by atoms with E-state index in [1.54, 1.807) is 0 Å². The minimum absolute atomic E-state index is 0.349. The van der Waals surface area contributed by atoms with E-state index < -0.39 is 0 Å². The van der Waals surface area contributed by atoms with Gasteiger partial charge < -0.3 is 9.73 Å². The molecule has 4 heteroatoms. The summed E-state index contributed by atoms with van der Waals surface area (Å²) in [5.41, 5.74) is 1.37. The van der Waals surface area contributed by atoms with Crippen LogP contribution in [0.15, 0.2) is 4.42 Å². The zero-order chi connectivity index (χ0) is 15.0. The first-order chi connectivity index (χ1) is 9.99. The van der Waals surface area contributed by atoms with Crippen molar-refractivity contribution in [2.24, 2.45) is 5.92 Å². The summed E-state index contributed by atoms with van der Waals surface area (Å²) in [6.07, 6.45) is 5.37. The van der Waals surface area contributed by atoms with Gasteiger partial charge in [-0.25, -0.2) is 4.98 Å². The Hall–Kier alpha value is -0.870. The molecule has 0 aromatic carbocycles. The summed E-state index contributed by atoms with van der Waals surface area (Å²) in [4.78, 5) is 7.19. The number of hydrogen-bond acceptors (Lipinski definition) is 4. The summed E-state index contributed by atoms with van der Waals surface area (Å²) in [5, 5.41) is 3.87. The molecule has 1 saturated carbocycles. The van der Waals surface area contributed by atoms with Crippen molar-refractivity contribution in [1.82, 2.24) is 15.2 Å². The second kappa shape index (κ2) is 5.73. The molecule has 0 radical (unpaired) electrons. The zero-order valence-corrected chi connectivity index (χ0v) is 13.9. The number of nitrogens with one attached hydrogen (secondary N) is 1. The van der Waals surface area contributed by atoms with Crippen molar-refractivity contribution in [1.29, 1.82) is 0 Å². The molecular formula is C17H29N3O. The van der Waals surface area contributed by atoms with Gasteiger partial charge in [-0.3, -0.25) is 4.90 Å². The Morgan fingerprint density at radius 3 is 2.62 bits per heavy atom. The zero-order valence-electron chi connectivity index (χ0n) is 13.9. The van der Waals surface area contributed by atoms with Crippen molar-refractivity contribution in [3.63, 3.8) is 0 Å². The monoisotopic (exact) mass is 291 g/mol. The smallest absolute Gasteiger partial charge is 0.208 e. The largest absolute Gasteiger partial charge is 0.444 e. The number of nitrogens with zero attached hydrogens (tertiary/aromatic N) is 2. The molecule has 2 fully saturated rings. The Balaban J connectivity index is 1.76. The van der Waals surface area contributed by atoms with Gasteiger partial charge in [0, 0.05) is 24.7 Å². The van der Waals surface area contributed by atoms with Crippen LogP contribution in [0.3, 0.4) is 0 Å². The van der Waals surface area contributed by atoms with Crippen molar-refractivity contribution in [3.05, 3.63) is 17.3 Å². The average molecular weight is 291 g/mol. The molecular weight excluding hydrogens is 262 g/mol. The first kappa shape index (κ1) is 15.0. The maximum absolute atomic E-state index is 5.82. The van der Waals surface area contributed by atoms with Crippen molar-refractivity contribution < 1.29 is 4.42 Å². The molecule has 1 N–H and O–H groups in total. The highest BCUT2D eigenvalue weighted by molar-refractivity contribution is 5.07. The summed E-state index contributed by atoms with van der Waals surface area (Å²) < 4.78 is 5.82. The molecule has 1 aliphatic carbocycles. The van der Waals surface area contributed by atoms with Crippen molar-refractivity contribution in [2.75, 3.05) is 13.1 Å². The van der Waals surface area contributed by atoms with Gasteiger partial charge in [-0.1, -0.05) is 26.7 Å². The molecule has 118 valence electrons. The molecule has 1 saturated heterocycles. The number of rotatable bonds is 3. The Labute approximate surface area is 128 Å². The molecule has 2 heterocycles. The summed E-state index contributed by atoms with van der Waals surface area (Å²) in [5.74, 6) is 2.48. The van der Waals surface area contributed by atoms with Gasteiger partial charge in [0.1, 0.15) is 5.76 Å². The topological polar surface area (TPSA) is 41.3 Å². The molecule has 3 rings (SSSR count). The van der Waals surface area contributed by atoms with E-state index in [0.29, 0.717) is 17.5 Å². The van der Waals surface area contributed by atoms with Crippen LogP contribution in [0.1, 0.15) is 56.9 Å². The fraction of sp³-hybridized carbons (Fsp3) is 0.824. The Kier molecular flexibility index (Phi) is 4.10. The molecule has 2 aliphatic rings. The molecule has 1 aromatic rings. The molecule has 0 bridgehead atoms. The van der Waals surface area contributed by atoms with Gasteiger partial charge in [0.2, 0.25) is 5.89 Å². The molecule has 4 nitrogen and oxygen atoms in total. The lowest BCUT2D eigenvalue weighted by atomic mass is 9.89. The standard InChI is InChI=1S/C17H29N3O/c1-12(2)15-9-18-17(7-5-6-8-17)11-20(15)10-16-19-13(3)14(4)21-16/h12,15,18H,5-11H2,1-4H3. The Bertz CT molecular complexity index is 469. The van der Waals surface area contributed by atoms with E-state index in [2.05, 4.69) is 29.0 Å². The van der Waals surface area contributed by atoms with Gasteiger partial charge in [-0.05, 0) is 32.6 Å². The Morgan fingerprint density at radius 1 is 1.33 bits per heavy atom. The number of aromatic nitrogens is 1. The van der Waals surface area contributed by atoms with E-state index in [4.69, 9.17) is 4.42 Å². The summed E-state index contributed by atoms with van der Waals surface area (Å²) >= 11 is 0. The third kappa shape index (κ3) is 3.02. The van der Waals surface area contributed by atoms with Crippen LogP contribution in [0.5, 0.6) is 0 Å². The SMILES string of the molecule is Cc1nc(CN2CC3(CCCC3)NCC2C(C)C)oc1C. The lowest BCUT2D eigenvalue weighted by molar-refractivity contribution is 0.0440. The fourth-order valence-electron chi connectivity index (χ4n) is 4.01. The van der Waals surface area contributed by atoms with Crippen LogP contribution < -0.4 is 5.32 Å². The second-order valence-electron chi connectivity index (χ2n) is 7.33. The third-order valence-electron chi connectivity index (χ3n) is 5.40. The summed E-state index contributed by atoms with van der Waals surface area (Å²) in [6, 6.07) is 0.573. The number of aryl methyl sites for hydroxylation is 2. The molecule has 1 unspecified atom stereocenters. The summed E-state index contributed by atoms with van der Waals surface area (Å²) in [6.45, 7) is 11.7. The highest BCUT2D eigenvalue weighted by Gasteiger charge is 2.42. The van der Waals surface area contributed by atoms with E-state index in [1.807, 2.05) is 13.8 Å². The highest BCUT2D eigenvalue weighted by atomic mass is 16.4.